The molecule has 0 radical (unpaired) electrons. The van der Waals surface area contributed by atoms with Crippen LogP contribution in [0.25, 0.3) is 29.3 Å². The Labute approximate surface area is 414 Å². The summed E-state index contributed by atoms with van der Waals surface area (Å²) in [7, 11) is 1.94. The van der Waals surface area contributed by atoms with Gasteiger partial charge in [-0.3, -0.25) is 19.3 Å². The number of hydrogen-bond acceptors (Lipinski definition) is 10. The predicted octanol–water partition coefficient (Wildman–Crippen LogP) is 6.18. The minimum Gasteiger partial charge on any atom is -1.00 e. The Morgan fingerprint density at radius 3 is 1.55 bits per heavy atom. The molecule has 346 valence electrons. The highest BCUT2D eigenvalue weighted by Crippen LogP contribution is 2.17. The summed E-state index contributed by atoms with van der Waals surface area (Å²) in [6.45, 7) is 9.56. The maximum atomic E-state index is 11.9. The highest BCUT2D eigenvalue weighted by molar-refractivity contribution is 7.51. The molecular formula is C52H49IN2O10S2. The number of aryl methyl sites for hydroxylation is 1. The predicted molar refractivity (Wildman–Crippen MR) is 257 cm³/mol. The van der Waals surface area contributed by atoms with Crippen LogP contribution in [0.4, 0.5) is 5.69 Å². The molecular weight excluding hydrogens is 1000 g/mol. The zero-order valence-electron chi connectivity index (χ0n) is 36.8. The fraction of sp³-hybridized carbons (Fsp3) is 0.115. The molecule has 0 atom stereocenters. The number of carbonyl (C=O) groups excluding carboxylic acids is 3. The van der Waals surface area contributed by atoms with Gasteiger partial charge in [0.15, 0.2) is 0 Å². The molecule has 0 bridgehead atoms. The smallest absolute Gasteiger partial charge is 0.375 e. The summed E-state index contributed by atoms with van der Waals surface area (Å²) in [5.41, 5.74) is 8.61. The lowest BCUT2D eigenvalue weighted by Crippen LogP contribution is -3.00. The molecule has 7 aromatic rings. The lowest BCUT2D eigenvalue weighted by Gasteiger charge is -2.15. The number of esters is 2. The molecule has 6 aromatic carbocycles. The number of hydrogen-bond donors (Lipinski definition) is 0. The van der Waals surface area contributed by atoms with E-state index in [1.54, 1.807) is 29.3 Å². The Morgan fingerprint density at radius 1 is 0.597 bits per heavy atom. The number of halogens is 1. The number of ether oxygens (including phenoxy) is 2. The van der Waals surface area contributed by atoms with Crippen LogP contribution in [0.3, 0.4) is 0 Å². The highest BCUT2D eigenvalue weighted by Gasteiger charge is 2.17. The standard InChI is InChI=1S/C18H17N2O2.2C17H16O2.HI.2O2S/c1-14(21)20(15-8-4-3-5-9-15)13-12-18-19(2)16-10-6-7-11-17(16)22-18;1-2-14-9-6-10-16(11-14)13-19-17(18)12-15-7-4-3-5-8-15;1-2-14-8-10-16(11-9-14)13-19-17(18)12-15-6-4-3-5-7-15;;2*1-3-2/h3-13H,1-2H3;2*2-11H,1,12-13H2;1H;;/q+1;;;;;/p-1. The number of rotatable bonds is 13. The number of oxazole rings is 1. The van der Waals surface area contributed by atoms with Crippen LogP contribution in [0.2, 0.25) is 0 Å². The summed E-state index contributed by atoms with van der Waals surface area (Å²) in [5, 5.41) is 0. The Kier molecular flexibility index (Phi) is 27.1. The molecule has 0 unspecified atom stereocenters. The normalized spacial score (nSPS) is 9.64. The molecule has 0 aliphatic carbocycles. The van der Waals surface area contributed by atoms with Crippen LogP contribution in [-0.2, 0) is 80.1 Å². The SMILES string of the molecule is C=Cc1ccc(COC(=O)Cc2ccccc2)cc1.C=Cc1cccc(COC(=O)Cc2ccccc2)c1.CC(=O)N(/C=C/c1oc2ccccc2[n+]1C)c1ccccc1.O=S=O.O=S=O.[I-]. The molecule has 0 saturated heterocycles. The first-order valence-electron chi connectivity index (χ1n) is 20.1. The van der Waals surface area contributed by atoms with Gasteiger partial charge in [0.05, 0.1) is 18.9 Å². The van der Waals surface area contributed by atoms with Crippen molar-refractivity contribution < 1.29 is 73.7 Å². The molecule has 0 N–H and O–H groups in total. The van der Waals surface area contributed by atoms with Crippen LogP contribution >= 0.6 is 0 Å². The Hall–Kier alpha value is -7.21. The van der Waals surface area contributed by atoms with E-state index >= 15 is 0 Å². The van der Waals surface area contributed by atoms with E-state index < -0.39 is 23.1 Å². The van der Waals surface area contributed by atoms with Crippen molar-refractivity contribution in [2.75, 3.05) is 4.90 Å². The van der Waals surface area contributed by atoms with Crippen molar-refractivity contribution in [1.29, 1.82) is 0 Å². The first-order chi connectivity index (χ1) is 32.0. The van der Waals surface area contributed by atoms with E-state index in [-0.39, 0.29) is 41.8 Å². The van der Waals surface area contributed by atoms with Crippen molar-refractivity contribution in [1.82, 2.24) is 0 Å². The van der Waals surface area contributed by atoms with Gasteiger partial charge in [0, 0.05) is 24.9 Å². The second-order valence-corrected chi connectivity index (χ2v) is 14.0. The number of para-hydroxylation sites is 3. The number of benzene rings is 6. The third-order valence-electron chi connectivity index (χ3n) is 9.10. The van der Waals surface area contributed by atoms with E-state index in [0.29, 0.717) is 31.9 Å². The van der Waals surface area contributed by atoms with Crippen LogP contribution in [0.5, 0.6) is 0 Å². The molecule has 7 rings (SSSR count). The van der Waals surface area contributed by atoms with Gasteiger partial charge in [0.1, 0.15) is 20.3 Å². The van der Waals surface area contributed by atoms with Crippen molar-refractivity contribution in [3.05, 3.63) is 222 Å². The molecule has 67 heavy (non-hydrogen) atoms. The van der Waals surface area contributed by atoms with Crippen LogP contribution in [0.15, 0.2) is 188 Å². The second-order valence-electron chi connectivity index (χ2n) is 13.7. The van der Waals surface area contributed by atoms with E-state index in [1.165, 1.54) is 6.92 Å². The molecule has 15 heteroatoms. The zero-order valence-corrected chi connectivity index (χ0v) is 40.6. The fourth-order valence-corrected chi connectivity index (χ4v) is 5.88. The van der Waals surface area contributed by atoms with E-state index in [0.717, 1.165) is 50.2 Å². The Bertz CT molecular complexity index is 2710. The van der Waals surface area contributed by atoms with Gasteiger partial charge in [-0.1, -0.05) is 159 Å². The maximum Gasteiger partial charge on any atom is 0.375 e. The number of nitrogens with zero attached hydrogens (tertiary/aromatic N) is 2. The van der Waals surface area contributed by atoms with Crippen molar-refractivity contribution in [3.63, 3.8) is 0 Å². The summed E-state index contributed by atoms with van der Waals surface area (Å²) >= 11 is -1.50. The second kappa shape index (κ2) is 32.4. The minimum atomic E-state index is -0.750. The summed E-state index contributed by atoms with van der Waals surface area (Å²) in [5.74, 6) is 0.207. The van der Waals surface area contributed by atoms with Gasteiger partial charge in [-0.25, -0.2) is 0 Å². The van der Waals surface area contributed by atoms with Crippen molar-refractivity contribution in [2.45, 2.75) is 33.0 Å². The average molecular weight is 1050 g/mol. The van der Waals surface area contributed by atoms with Gasteiger partial charge in [-0.15, -0.1) is 0 Å². The highest BCUT2D eigenvalue weighted by atomic mass is 127. The van der Waals surface area contributed by atoms with Crippen molar-refractivity contribution >= 4 is 76.0 Å². The number of fused-ring (bicyclic) bond motifs is 1. The van der Waals surface area contributed by atoms with Gasteiger partial charge >= 0.3 is 41.0 Å². The first kappa shape index (κ1) is 55.9. The maximum absolute atomic E-state index is 11.9. The van der Waals surface area contributed by atoms with Gasteiger partial charge < -0.3 is 37.9 Å². The van der Waals surface area contributed by atoms with E-state index in [2.05, 4.69) is 13.2 Å². The van der Waals surface area contributed by atoms with Crippen LogP contribution < -0.4 is 33.4 Å². The molecule has 1 heterocycles. The topological polar surface area (TPSA) is 158 Å². The van der Waals surface area contributed by atoms with Crippen molar-refractivity contribution in [2.24, 2.45) is 7.05 Å². The molecule has 1 amide bonds. The fourth-order valence-electron chi connectivity index (χ4n) is 5.88. The average Bonchev–Trinajstić information content (AvgIpc) is 3.66. The lowest BCUT2D eigenvalue weighted by molar-refractivity contribution is -0.652. The molecule has 1 aromatic heterocycles. The summed E-state index contributed by atoms with van der Waals surface area (Å²) in [6.07, 6.45) is 7.71. The number of carbonyl (C=O) groups is 3. The Balaban J connectivity index is 0.000000324. The van der Waals surface area contributed by atoms with Gasteiger partial charge in [0.2, 0.25) is 11.5 Å². The molecule has 0 aliphatic rings. The molecule has 12 nitrogen and oxygen atoms in total. The molecule has 0 fully saturated rings. The molecule has 0 spiro atoms. The third kappa shape index (κ3) is 21.1. The van der Waals surface area contributed by atoms with Gasteiger partial charge in [-0.05, 0) is 57.6 Å². The quantitative estimate of drug-likeness (QED) is 0.0743. The van der Waals surface area contributed by atoms with Crippen LogP contribution in [0.1, 0.15) is 46.2 Å². The first-order valence-corrected chi connectivity index (χ1v) is 21.4. The third-order valence-corrected chi connectivity index (χ3v) is 9.10. The van der Waals surface area contributed by atoms with Crippen LogP contribution in [0, 0.1) is 0 Å². The van der Waals surface area contributed by atoms with E-state index in [4.69, 9.17) is 30.7 Å². The zero-order chi connectivity index (χ0) is 47.9. The Morgan fingerprint density at radius 2 is 1.06 bits per heavy atom. The monoisotopic (exact) mass is 1050 g/mol. The number of anilines is 1. The lowest BCUT2D eigenvalue weighted by atomic mass is 10.1. The van der Waals surface area contributed by atoms with E-state index in [9.17, 15) is 14.4 Å². The van der Waals surface area contributed by atoms with Gasteiger partial charge in [0.25, 0.3) is 5.52 Å². The largest absolute Gasteiger partial charge is 1.00 e. The summed E-state index contributed by atoms with van der Waals surface area (Å²) in [6, 6.07) is 52.1. The number of aromatic nitrogens is 1. The molecule has 0 aliphatic heterocycles. The summed E-state index contributed by atoms with van der Waals surface area (Å²) < 4.78 is 51.4. The van der Waals surface area contributed by atoms with E-state index in [1.807, 2.05) is 175 Å². The number of amides is 1. The molecule has 0 saturated carbocycles. The van der Waals surface area contributed by atoms with Crippen molar-refractivity contribution in [3.8, 4) is 0 Å². The van der Waals surface area contributed by atoms with Crippen LogP contribution in [-0.4, -0.2) is 34.7 Å². The minimum absolute atomic E-state index is 0. The summed E-state index contributed by atoms with van der Waals surface area (Å²) in [4.78, 5) is 36.8. The van der Waals surface area contributed by atoms with Gasteiger partial charge in [-0.2, -0.15) is 21.4 Å².